The largest absolute Gasteiger partial charge is 0.363 e. The molecule has 262 valence electrons. The molecular weight excluding hydrogens is 683 g/mol. The Morgan fingerprint density at radius 2 is 1.84 bits per heavy atom. The molecule has 2 aromatic heterocycles. The first-order valence-electron chi connectivity index (χ1n) is 15.8. The van der Waals surface area contributed by atoms with Gasteiger partial charge in [0, 0.05) is 49.7 Å². The number of thiophene rings is 1. The van der Waals surface area contributed by atoms with Crippen LogP contribution >= 0.6 is 18.9 Å². The van der Waals surface area contributed by atoms with Crippen LogP contribution in [0.15, 0.2) is 42.7 Å². The van der Waals surface area contributed by atoms with Gasteiger partial charge in [-0.3, -0.25) is 28.6 Å². The Morgan fingerprint density at radius 1 is 1.08 bits per heavy atom. The van der Waals surface area contributed by atoms with Crippen molar-refractivity contribution < 1.29 is 42.3 Å². The molecule has 3 aliphatic rings. The summed E-state index contributed by atoms with van der Waals surface area (Å²) in [7, 11) is -5.04. The molecule has 0 aliphatic carbocycles. The van der Waals surface area contributed by atoms with E-state index in [1.165, 1.54) is 41.0 Å². The summed E-state index contributed by atoms with van der Waals surface area (Å²) in [5, 5.41) is 5.94. The second-order valence-corrected chi connectivity index (χ2v) is 15.3. The second-order valence-electron chi connectivity index (χ2n) is 12.6. The van der Waals surface area contributed by atoms with E-state index >= 15 is 0 Å². The number of nitrogens with one attached hydrogen (secondary N) is 2. The Labute approximate surface area is 284 Å². The maximum Gasteiger partial charge on any atom is 0.363 e. The van der Waals surface area contributed by atoms with Crippen LogP contribution in [0.5, 0.6) is 0 Å². The number of carbonyl (C=O) groups is 4. The summed E-state index contributed by atoms with van der Waals surface area (Å²) in [6.07, 6.45) is 3.18. The van der Waals surface area contributed by atoms with E-state index in [2.05, 4.69) is 20.6 Å². The van der Waals surface area contributed by atoms with Crippen molar-refractivity contribution in [1.82, 2.24) is 35.3 Å². The maximum atomic E-state index is 14.7. The van der Waals surface area contributed by atoms with Crippen LogP contribution in [0.1, 0.15) is 53.2 Å². The summed E-state index contributed by atoms with van der Waals surface area (Å²) in [4.78, 5) is 85.4. The van der Waals surface area contributed by atoms with Crippen LogP contribution in [0, 0.1) is 0 Å². The predicted octanol–water partition coefficient (Wildman–Crippen LogP) is 1.89. The second kappa shape index (κ2) is 14.2. The first-order chi connectivity index (χ1) is 23.3. The van der Waals surface area contributed by atoms with Crippen LogP contribution in [-0.4, -0.2) is 115 Å². The molecule has 3 fully saturated rings. The van der Waals surface area contributed by atoms with E-state index in [0.29, 0.717) is 48.3 Å². The molecule has 3 aliphatic heterocycles. The van der Waals surface area contributed by atoms with Crippen LogP contribution in [0.3, 0.4) is 0 Å². The van der Waals surface area contributed by atoms with Crippen LogP contribution < -0.4 is 10.6 Å². The maximum absolute atomic E-state index is 14.7. The van der Waals surface area contributed by atoms with E-state index in [1.54, 1.807) is 18.5 Å². The van der Waals surface area contributed by atoms with Gasteiger partial charge in [-0.25, -0.2) is 18.7 Å². The molecule has 0 bridgehead atoms. The van der Waals surface area contributed by atoms with Crippen molar-refractivity contribution in [3.63, 3.8) is 0 Å². The number of hydrogen-bond donors (Lipinski definition) is 4. The number of rotatable bonds is 8. The molecule has 0 spiro atoms. The number of aromatic nitrogens is 2. The number of benzene rings is 1. The predicted molar refractivity (Wildman–Crippen MR) is 174 cm³/mol. The van der Waals surface area contributed by atoms with Crippen molar-refractivity contribution in [1.29, 1.82) is 0 Å². The SMILES string of the molecule is CC(=O)N1CC(NC(=O)[C@@H]2CC[C@@H]3CCN(Cc4ncccn4)C[C@H](NC(=O)c4cc5cc(C(F)P(=O)(O)O)ccc5s4)C(=O)N32)[C@@H](F)C1. The van der Waals surface area contributed by atoms with Gasteiger partial charge in [0.15, 0.2) is 0 Å². The smallest absolute Gasteiger partial charge is 0.347 e. The quantitative estimate of drug-likeness (QED) is 0.251. The molecule has 6 atom stereocenters. The Morgan fingerprint density at radius 3 is 2.53 bits per heavy atom. The van der Waals surface area contributed by atoms with E-state index < -0.39 is 55.5 Å². The first kappa shape index (κ1) is 35.0. The number of halogens is 2. The van der Waals surface area contributed by atoms with Gasteiger partial charge in [0.25, 0.3) is 5.91 Å². The molecule has 18 heteroatoms. The fourth-order valence-electron chi connectivity index (χ4n) is 6.74. The molecular formula is C31H36F2N7O7PS. The molecule has 14 nitrogen and oxygen atoms in total. The Bertz CT molecular complexity index is 1800. The third-order valence-corrected chi connectivity index (χ3v) is 11.2. The van der Waals surface area contributed by atoms with Crippen molar-refractivity contribution in [2.75, 3.05) is 26.2 Å². The minimum Gasteiger partial charge on any atom is -0.347 e. The lowest BCUT2D eigenvalue weighted by molar-refractivity contribution is -0.143. The van der Waals surface area contributed by atoms with Gasteiger partial charge in [-0.2, -0.15) is 0 Å². The highest BCUT2D eigenvalue weighted by molar-refractivity contribution is 7.51. The molecule has 4 amide bonds. The molecule has 0 radical (unpaired) electrons. The van der Waals surface area contributed by atoms with Crippen LogP contribution in [0.25, 0.3) is 10.1 Å². The number of fused-ring (bicyclic) bond motifs is 2. The minimum atomic E-state index is -5.04. The van der Waals surface area contributed by atoms with Crippen LogP contribution in [0.4, 0.5) is 8.78 Å². The van der Waals surface area contributed by atoms with Gasteiger partial charge < -0.3 is 30.2 Å². The highest BCUT2D eigenvalue weighted by Gasteiger charge is 2.46. The van der Waals surface area contributed by atoms with E-state index in [1.807, 2.05) is 4.90 Å². The Kier molecular flexibility index (Phi) is 10.1. The molecule has 49 heavy (non-hydrogen) atoms. The average Bonchev–Trinajstić information content (AvgIpc) is 3.78. The van der Waals surface area contributed by atoms with Crippen LogP contribution in [0.2, 0.25) is 0 Å². The van der Waals surface area contributed by atoms with E-state index in [0.717, 1.165) is 11.3 Å². The molecule has 3 saturated heterocycles. The molecule has 3 aromatic rings. The van der Waals surface area contributed by atoms with E-state index in [-0.39, 0.29) is 42.0 Å². The molecule has 6 rings (SSSR count). The summed E-state index contributed by atoms with van der Waals surface area (Å²) >= 11 is 1.07. The number of amides is 4. The number of likely N-dealkylation sites (tertiary alicyclic amines) is 1. The summed E-state index contributed by atoms with van der Waals surface area (Å²) in [5.41, 5.74) is -0.227. The first-order valence-corrected chi connectivity index (χ1v) is 18.3. The molecule has 5 heterocycles. The molecule has 0 saturated carbocycles. The number of nitrogens with zero attached hydrogens (tertiary/aromatic N) is 5. The van der Waals surface area contributed by atoms with E-state index in [9.17, 15) is 42.3 Å². The number of carbonyl (C=O) groups excluding carboxylic acids is 4. The summed E-state index contributed by atoms with van der Waals surface area (Å²) in [6, 6.07) is 3.91. The Hall–Kier alpha value is -3.89. The van der Waals surface area contributed by atoms with Crippen molar-refractivity contribution in [3.8, 4) is 0 Å². The lowest BCUT2D eigenvalue weighted by atomic mass is 10.1. The van der Waals surface area contributed by atoms with Gasteiger partial charge in [0.1, 0.15) is 24.1 Å². The Balaban J connectivity index is 1.24. The normalized spacial score (nSPS) is 25.5. The van der Waals surface area contributed by atoms with Crippen molar-refractivity contribution >= 4 is 52.6 Å². The van der Waals surface area contributed by atoms with Gasteiger partial charge in [-0.15, -0.1) is 11.3 Å². The van der Waals surface area contributed by atoms with Crippen LogP contribution in [-0.2, 0) is 25.5 Å². The third-order valence-electron chi connectivity index (χ3n) is 9.22. The van der Waals surface area contributed by atoms with Gasteiger partial charge >= 0.3 is 7.60 Å². The highest BCUT2D eigenvalue weighted by atomic mass is 32.1. The molecule has 2 unspecified atom stereocenters. The zero-order valence-corrected chi connectivity index (χ0v) is 28.2. The van der Waals surface area contributed by atoms with Crippen molar-refractivity contribution in [2.45, 2.75) is 69.0 Å². The third kappa shape index (κ3) is 7.65. The zero-order chi connectivity index (χ0) is 35.0. The molecule has 4 N–H and O–H groups in total. The van der Waals surface area contributed by atoms with Gasteiger partial charge in [0.2, 0.25) is 23.6 Å². The number of hydrogen-bond acceptors (Lipinski definition) is 9. The van der Waals surface area contributed by atoms with Gasteiger partial charge in [0.05, 0.1) is 24.0 Å². The summed E-state index contributed by atoms with van der Waals surface area (Å²) in [5.74, 6) is -3.88. The summed E-state index contributed by atoms with van der Waals surface area (Å²) < 4.78 is 41.2. The monoisotopic (exact) mass is 719 g/mol. The topological polar surface area (TPSA) is 185 Å². The fourth-order valence-corrected chi connectivity index (χ4v) is 8.24. The lowest BCUT2D eigenvalue weighted by Gasteiger charge is -2.38. The fraction of sp³-hybridized carbons (Fsp3) is 0.484. The van der Waals surface area contributed by atoms with E-state index in [4.69, 9.17) is 0 Å². The minimum absolute atomic E-state index is 0.0312. The summed E-state index contributed by atoms with van der Waals surface area (Å²) in [6.45, 7) is 2.13. The number of alkyl halides is 2. The van der Waals surface area contributed by atoms with Crippen molar-refractivity contribution in [3.05, 3.63) is 59.0 Å². The van der Waals surface area contributed by atoms with Gasteiger partial charge in [-0.1, -0.05) is 6.07 Å². The van der Waals surface area contributed by atoms with Crippen molar-refractivity contribution in [2.24, 2.45) is 0 Å². The lowest BCUT2D eigenvalue weighted by Crippen LogP contribution is -2.61. The highest BCUT2D eigenvalue weighted by Crippen LogP contribution is 2.53. The zero-order valence-electron chi connectivity index (χ0n) is 26.4. The van der Waals surface area contributed by atoms with Gasteiger partial charge in [-0.05, 0) is 54.5 Å². The average molecular weight is 720 g/mol. The molecule has 1 aromatic carbocycles. The standard InChI is InChI=1S/C31H36F2N7O7PS/c1-17(41)39-13-21(32)22(15-39)36-29(42)24-5-4-20-7-10-38(16-27-34-8-2-9-35-27)14-23(31(44)40(20)24)37-30(43)26-12-19-11-18(3-6-25(19)49-26)28(33)48(45,46)47/h2-3,6,8-9,11-12,20-24,28H,4-5,7,10,13-16H2,1H3,(H,36,42)(H,37,43)(H2,45,46,47)/t20-,21+,22?,23+,24+,28?/m1/s1.